The molecule has 0 amide bonds. The van der Waals surface area contributed by atoms with Gasteiger partial charge in [-0.15, -0.1) is 0 Å². The fourth-order valence-electron chi connectivity index (χ4n) is 2.59. The molecule has 0 unspecified atom stereocenters. The van der Waals surface area contributed by atoms with Crippen LogP contribution in [0.25, 0.3) is 22.1 Å². The van der Waals surface area contributed by atoms with Gasteiger partial charge in [-0.1, -0.05) is 35.6 Å². The maximum atomic E-state index is 12.7. The lowest BCUT2D eigenvalue weighted by molar-refractivity contribution is 0.340. The van der Waals surface area contributed by atoms with E-state index in [-0.39, 0.29) is 5.56 Å². The van der Waals surface area contributed by atoms with Crippen LogP contribution in [0, 0.1) is 0 Å². The number of imidazole rings is 1. The Hall–Kier alpha value is -2.66. The van der Waals surface area contributed by atoms with Crippen LogP contribution in [0.3, 0.4) is 0 Å². The van der Waals surface area contributed by atoms with E-state index in [0.29, 0.717) is 11.1 Å². The van der Waals surface area contributed by atoms with E-state index in [1.807, 2.05) is 61.5 Å². The average Bonchev–Trinajstić information content (AvgIpc) is 3.07. The first-order valence-corrected chi connectivity index (χ1v) is 8.22. The van der Waals surface area contributed by atoms with Crippen molar-refractivity contribution >= 4 is 33.4 Å². The molecule has 2 aromatic heterocycles. The van der Waals surface area contributed by atoms with Crippen molar-refractivity contribution in [1.29, 1.82) is 0 Å². The highest BCUT2D eigenvalue weighted by Crippen LogP contribution is 2.16. The summed E-state index contributed by atoms with van der Waals surface area (Å²) in [6.07, 6.45) is 1.90. The molecule has 2 aromatic carbocycles. The summed E-state index contributed by atoms with van der Waals surface area (Å²) in [5.74, 6) is 0.832. The number of thiazole rings is 1. The minimum Gasteiger partial charge on any atom is -0.494 e. The SMILES string of the molecule is CCOc1ccc(/C=c2\sc3nc4ccccc4n3c2=O)cc1. The summed E-state index contributed by atoms with van der Waals surface area (Å²) in [7, 11) is 0. The van der Waals surface area contributed by atoms with E-state index >= 15 is 0 Å². The van der Waals surface area contributed by atoms with Gasteiger partial charge in [-0.25, -0.2) is 9.38 Å². The lowest BCUT2D eigenvalue weighted by atomic mass is 10.2. The van der Waals surface area contributed by atoms with Crippen LogP contribution in [0.5, 0.6) is 5.75 Å². The molecule has 0 aliphatic heterocycles. The second kappa shape index (κ2) is 5.52. The molecule has 114 valence electrons. The molecule has 0 N–H and O–H groups in total. The second-order valence-electron chi connectivity index (χ2n) is 5.14. The topological polar surface area (TPSA) is 43.6 Å². The Balaban J connectivity index is 1.85. The van der Waals surface area contributed by atoms with Gasteiger partial charge in [0.1, 0.15) is 5.75 Å². The number of hydrogen-bond donors (Lipinski definition) is 0. The van der Waals surface area contributed by atoms with Crippen molar-refractivity contribution in [1.82, 2.24) is 9.38 Å². The Morgan fingerprint density at radius 1 is 1.17 bits per heavy atom. The zero-order valence-electron chi connectivity index (χ0n) is 12.5. The van der Waals surface area contributed by atoms with Crippen LogP contribution < -0.4 is 14.8 Å². The van der Waals surface area contributed by atoms with E-state index in [1.165, 1.54) is 11.3 Å². The largest absolute Gasteiger partial charge is 0.494 e. The smallest absolute Gasteiger partial charge is 0.274 e. The predicted octanol–water partition coefficient (Wildman–Crippen LogP) is 2.86. The number of benzene rings is 2. The molecule has 4 aromatic rings. The van der Waals surface area contributed by atoms with Crippen LogP contribution in [-0.2, 0) is 0 Å². The molecule has 0 saturated carbocycles. The monoisotopic (exact) mass is 322 g/mol. The zero-order valence-corrected chi connectivity index (χ0v) is 13.3. The first kappa shape index (κ1) is 14.0. The fourth-order valence-corrected chi connectivity index (χ4v) is 3.58. The molecule has 0 fully saturated rings. The molecule has 0 saturated heterocycles. The lowest BCUT2D eigenvalue weighted by Crippen LogP contribution is -2.22. The highest BCUT2D eigenvalue weighted by atomic mass is 32.1. The molecule has 5 heteroatoms. The van der Waals surface area contributed by atoms with Gasteiger partial charge in [-0.3, -0.25) is 4.79 Å². The third kappa shape index (κ3) is 2.39. The van der Waals surface area contributed by atoms with Crippen molar-refractivity contribution in [3.05, 3.63) is 69.0 Å². The van der Waals surface area contributed by atoms with Crippen LogP contribution in [-0.4, -0.2) is 16.0 Å². The summed E-state index contributed by atoms with van der Waals surface area (Å²) in [6, 6.07) is 15.4. The number of ether oxygens (including phenoxy) is 1. The first-order chi connectivity index (χ1) is 11.3. The minimum absolute atomic E-state index is 0.0208. The van der Waals surface area contributed by atoms with Crippen LogP contribution >= 0.6 is 11.3 Å². The van der Waals surface area contributed by atoms with E-state index in [2.05, 4.69) is 4.98 Å². The number of fused-ring (bicyclic) bond motifs is 3. The average molecular weight is 322 g/mol. The molecule has 0 radical (unpaired) electrons. The van der Waals surface area contributed by atoms with E-state index in [1.54, 1.807) is 4.40 Å². The summed E-state index contributed by atoms with van der Waals surface area (Å²) in [6.45, 7) is 2.60. The van der Waals surface area contributed by atoms with Gasteiger partial charge in [0.05, 0.1) is 22.2 Å². The standard InChI is InChI=1S/C18H14N2O2S/c1-2-22-13-9-7-12(8-10-13)11-16-17(21)20-15-6-4-3-5-14(15)19-18(20)23-16/h3-11H,2H2,1H3/b16-11-. The molecule has 0 bridgehead atoms. The van der Waals surface area contributed by atoms with Crippen LogP contribution in [0.15, 0.2) is 53.3 Å². The lowest BCUT2D eigenvalue weighted by Gasteiger charge is -2.01. The van der Waals surface area contributed by atoms with E-state index < -0.39 is 0 Å². The molecular formula is C18H14N2O2S. The molecule has 2 heterocycles. The Kier molecular flexibility index (Phi) is 3.35. The number of nitrogens with zero attached hydrogens (tertiary/aromatic N) is 2. The van der Waals surface area contributed by atoms with Crippen molar-refractivity contribution in [2.24, 2.45) is 0 Å². The molecule has 4 nitrogen and oxygen atoms in total. The maximum absolute atomic E-state index is 12.7. The predicted molar refractivity (Wildman–Crippen MR) is 93.2 cm³/mol. The highest BCUT2D eigenvalue weighted by Gasteiger charge is 2.10. The van der Waals surface area contributed by atoms with Gasteiger partial charge in [0, 0.05) is 0 Å². The molecule has 0 aliphatic rings. The quantitative estimate of drug-likeness (QED) is 0.582. The zero-order chi connectivity index (χ0) is 15.8. The van der Waals surface area contributed by atoms with E-state index in [0.717, 1.165) is 27.3 Å². The minimum atomic E-state index is -0.0208. The molecular weight excluding hydrogens is 308 g/mol. The molecule has 0 spiro atoms. The molecule has 0 aliphatic carbocycles. The Morgan fingerprint density at radius 3 is 2.74 bits per heavy atom. The van der Waals surface area contributed by atoms with Crippen molar-refractivity contribution in [3.8, 4) is 5.75 Å². The number of para-hydroxylation sites is 2. The van der Waals surface area contributed by atoms with Crippen LogP contribution in [0.2, 0.25) is 0 Å². The van der Waals surface area contributed by atoms with Crippen molar-refractivity contribution in [2.45, 2.75) is 6.92 Å². The molecule has 0 atom stereocenters. The summed E-state index contributed by atoms with van der Waals surface area (Å²) in [5.41, 5.74) is 2.66. The van der Waals surface area contributed by atoms with E-state index in [4.69, 9.17) is 4.74 Å². The van der Waals surface area contributed by atoms with Crippen molar-refractivity contribution < 1.29 is 4.74 Å². The Morgan fingerprint density at radius 2 is 1.96 bits per heavy atom. The van der Waals surface area contributed by atoms with Crippen molar-refractivity contribution in [3.63, 3.8) is 0 Å². The summed E-state index contributed by atoms with van der Waals surface area (Å²) in [5, 5.41) is 0. The highest BCUT2D eigenvalue weighted by molar-refractivity contribution is 7.15. The molecule has 4 rings (SSSR count). The van der Waals surface area contributed by atoms with Gasteiger partial charge in [-0.2, -0.15) is 0 Å². The van der Waals surface area contributed by atoms with Gasteiger partial charge in [0.2, 0.25) is 0 Å². The van der Waals surface area contributed by atoms with Crippen LogP contribution in [0.4, 0.5) is 0 Å². The maximum Gasteiger partial charge on any atom is 0.274 e. The first-order valence-electron chi connectivity index (χ1n) is 7.41. The Bertz CT molecular complexity index is 1090. The number of hydrogen-bond acceptors (Lipinski definition) is 4. The second-order valence-corrected chi connectivity index (χ2v) is 6.15. The van der Waals surface area contributed by atoms with Gasteiger partial charge < -0.3 is 4.74 Å². The van der Waals surface area contributed by atoms with Gasteiger partial charge >= 0.3 is 0 Å². The van der Waals surface area contributed by atoms with Gasteiger partial charge in [0.15, 0.2) is 4.96 Å². The van der Waals surface area contributed by atoms with Gasteiger partial charge in [-0.05, 0) is 42.8 Å². The van der Waals surface area contributed by atoms with Crippen molar-refractivity contribution in [2.75, 3.05) is 6.61 Å². The fraction of sp³-hybridized carbons (Fsp3) is 0.111. The van der Waals surface area contributed by atoms with Gasteiger partial charge in [0.25, 0.3) is 5.56 Å². The van der Waals surface area contributed by atoms with E-state index in [9.17, 15) is 4.79 Å². The third-order valence-electron chi connectivity index (χ3n) is 3.63. The summed E-state index contributed by atoms with van der Waals surface area (Å²) >= 11 is 1.41. The molecule has 23 heavy (non-hydrogen) atoms. The third-order valence-corrected chi connectivity index (χ3v) is 4.60. The normalized spacial score (nSPS) is 12.3. The summed E-state index contributed by atoms with van der Waals surface area (Å²) in [4.78, 5) is 17.9. The summed E-state index contributed by atoms with van der Waals surface area (Å²) < 4.78 is 7.80. The Labute approximate surface area is 136 Å². The van der Waals surface area contributed by atoms with Crippen LogP contribution in [0.1, 0.15) is 12.5 Å². The number of aromatic nitrogens is 2. The number of rotatable bonds is 3.